The zero-order valence-corrected chi connectivity index (χ0v) is 17.8. The minimum absolute atomic E-state index is 1.68. The third-order valence-corrected chi connectivity index (χ3v) is 15.0. The van der Waals surface area contributed by atoms with Crippen molar-refractivity contribution in [2.24, 2.45) is 0 Å². The fourth-order valence-electron chi connectivity index (χ4n) is 1.83. The van der Waals surface area contributed by atoms with E-state index in [-0.39, 0.29) is 0 Å². The number of rotatable bonds is 8. The Kier molecular flexibility index (Phi) is 6.41. The molecule has 0 amide bonds. The highest BCUT2D eigenvalue weighted by atomic mass is 28.5. The van der Waals surface area contributed by atoms with Crippen LogP contribution in [0.15, 0.2) is 24.6 Å². The molecule has 0 spiro atoms. The first kappa shape index (κ1) is 19.2. The van der Waals surface area contributed by atoms with Crippen molar-refractivity contribution >= 4 is 33.8 Å². The van der Waals surface area contributed by atoms with Crippen molar-refractivity contribution in [1.82, 2.24) is 0 Å². The molecule has 0 aliphatic carbocycles. The molecule has 0 saturated heterocycles. The highest BCUT2D eigenvalue weighted by Gasteiger charge is 2.43. The fourth-order valence-corrected chi connectivity index (χ4v) is 17.2. The summed E-state index contributed by atoms with van der Waals surface area (Å²) in [6.07, 6.45) is 0. The minimum Gasteiger partial charge on any atom is -0.434 e. The average Bonchev–Trinajstić information content (AvgIpc) is 2.11. The van der Waals surface area contributed by atoms with Gasteiger partial charge in [-0.25, -0.2) is 0 Å². The molecule has 0 heterocycles. The van der Waals surface area contributed by atoms with E-state index in [0.29, 0.717) is 0 Å². The van der Waals surface area contributed by atoms with Crippen LogP contribution in [0, 0.1) is 0 Å². The molecular weight excluding hydrogens is 304 g/mol. The van der Waals surface area contributed by atoms with Crippen LogP contribution in [-0.4, -0.2) is 33.8 Å². The maximum Gasteiger partial charge on any atom is 0.342 e. The average molecular weight is 335 g/mol. The third kappa shape index (κ3) is 8.18. The molecule has 0 N–H and O–H groups in total. The summed E-state index contributed by atoms with van der Waals surface area (Å²) >= 11 is 0. The Morgan fingerprint density at radius 1 is 0.579 bits per heavy atom. The summed E-state index contributed by atoms with van der Waals surface area (Å²) in [5.74, 6) is 0. The monoisotopic (exact) mass is 334 g/mol. The van der Waals surface area contributed by atoms with E-state index in [9.17, 15) is 0 Å². The summed E-state index contributed by atoms with van der Waals surface area (Å²) in [7, 11) is -8.15. The molecule has 112 valence electrons. The lowest BCUT2D eigenvalue weighted by Gasteiger charge is -2.39. The van der Waals surface area contributed by atoms with E-state index in [1.54, 1.807) is 0 Å². The summed E-state index contributed by atoms with van der Waals surface area (Å²) in [6, 6.07) is 0. The second kappa shape index (κ2) is 6.33. The van der Waals surface area contributed by atoms with Gasteiger partial charge in [-0.05, 0) is 52.4 Å². The minimum atomic E-state index is -2.40. The standard InChI is InChI=1S/C12H30O3Si4/c1-11-18(9,13-16(3,4)5)15-19(10,12-2)14-17(6,7)8/h11-12H,1-2H2,3-10H3. The van der Waals surface area contributed by atoms with Crippen molar-refractivity contribution in [3.63, 3.8) is 0 Å². The first-order chi connectivity index (χ1) is 8.24. The van der Waals surface area contributed by atoms with Gasteiger partial charge in [0.2, 0.25) is 0 Å². The van der Waals surface area contributed by atoms with Gasteiger partial charge < -0.3 is 12.3 Å². The summed E-state index contributed by atoms with van der Waals surface area (Å²) in [4.78, 5) is 0. The summed E-state index contributed by atoms with van der Waals surface area (Å²) in [5, 5.41) is 0. The SMILES string of the molecule is C=C[Si](C)(O[Si](C)(C)C)O[Si](C)(C=C)O[Si](C)(C)C. The molecule has 0 aromatic rings. The van der Waals surface area contributed by atoms with Gasteiger partial charge in [0, 0.05) is 0 Å². The van der Waals surface area contributed by atoms with Gasteiger partial charge in [0.1, 0.15) is 0 Å². The smallest absolute Gasteiger partial charge is 0.342 e. The highest BCUT2D eigenvalue weighted by Crippen LogP contribution is 2.25. The summed E-state index contributed by atoms with van der Waals surface area (Å²) in [5.41, 5.74) is 3.71. The fraction of sp³-hybridized carbons (Fsp3) is 0.667. The van der Waals surface area contributed by atoms with E-state index in [1.165, 1.54) is 0 Å². The van der Waals surface area contributed by atoms with Crippen LogP contribution >= 0.6 is 0 Å². The Bertz CT molecular complexity index is 303. The van der Waals surface area contributed by atoms with Crippen LogP contribution in [-0.2, 0) is 12.3 Å². The zero-order chi connectivity index (χ0) is 15.5. The van der Waals surface area contributed by atoms with E-state index in [4.69, 9.17) is 12.3 Å². The van der Waals surface area contributed by atoms with Crippen LogP contribution in [0.3, 0.4) is 0 Å². The molecule has 0 aromatic heterocycles. The van der Waals surface area contributed by atoms with Crippen molar-refractivity contribution in [3.8, 4) is 0 Å². The molecule has 0 saturated carbocycles. The predicted octanol–water partition coefficient (Wildman–Crippen LogP) is 4.30. The maximum absolute atomic E-state index is 6.34. The topological polar surface area (TPSA) is 27.7 Å². The Labute approximate surface area is 123 Å². The molecule has 19 heavy (non-hydrogen) atoms. The van der Waals surface area contributed by atoms with Gasteiger partial charge >= 0.3 is 17.1 Å². The number of hydrogen-bond donors (Lipinski definition) is 0. The van der Waals surface area contributed by atoms with Crippen LogP contribution in [0.25, 0.3) is 0 Å². The second-order valence-electron chi connectivity index (χ2n) is 6.97. The molecule has 0 fully saturated rings. The molecule has 0 aromatic carbocycles. The molecule has 0 aliphatic rings. The van der Waals surface area contributed by atoms with Gasteiger partial charge in [-0.3, -0.25) is 0 Å². The van der Waals surface area contributed by atoms with Crippen molar-refractivity contribution in [1.29, 1.82) is 0 Å². The van der Waals surface area contributed by atoms with E-state index in [1.807, 2.05) is 24.5 Å². The lowest BCUT2D eigenvalue weighted by atomic mass is 11.3. The highest BCUT2D eigenvalue weighted by molar-refractivity contribution is 6.93. The predicted molar refractivity (Wildman–Crippen MR) is 93.6 cm³/mol. The third-order valence-electron chi connectivity index (χ3n) is 2.16. The lowest BCUT2D eigenvalue weighted by Crippen LogP contribution is -2.56. The van der Waals surface area contributed by atoms with Crippen LogP contribution in [0.2, 0.25) is 52.4 Å². The first-order valence-corrected chi connectivity index (χ1v) is 18.2. The summed E-state index contributed by atoms with van der Waals surface area (Å²) < 4.78 is 18.8. The molecule has 7 heteroatoms. The number of hydrogen-bond acceptors (Lipinski definition) is 3. The quantitative estimate of drug-likeness (QED) is 0.619. The molecule has 0 bridgehead atoms. The molecule has 2 atom stereocenters. The molecular formula is C12H30O3Si4. The van der Waals surface area contributed by atoms with Gasteiger partial charge in [0.05, 0.1) is 0 Å². The first-order valence-electron chi connectivity index (χ1n) is 6.62. The maximum atomic E-state index is 6.34. The lowest BCUT2D eigenvalue weighted by molar-refractivity contribution is 0.341. The van der Waals surface area contributed by atoms with Crippen molar-refractivity contribution in [3.05, 3.63) is 24.6 Å². The molecule has 0 radical (unpaired) electrons. The van der Waals surface area contributed by atoms with Crippen LogP contribution in [0.1, 0.15) is 0 Å². The molecule has 0 aliphatic heterocycles. The molecule has 3 nitrogen and oxygen atoms in total. The largest absolute Gasteiger partial charge is 0.434 e. The van der Waals surface area contributed by atoms with Crippen LogP contribution in [0.4, 0.5) is 0 Å². The van der Waals surface area contributed by atoms with Gasteiger partial charge in [0.25, 0.3) is 0 Å². The Morgan fingerprint density at radius 2 is 0.842 bits per heavy atom. The van der Waals surface area contributed by atoms with E-state index < -0.39 is 33.8 Å². The Hall–Kier alpha value is 0.228. The van der Waals surface area contributed by atoms with Crippen molar-refractivity contribution in [2.45, 2.75) is 52.4 Å². The van der Waals surface area contributed by atoms with Crippen LogP contribution < -0.4 is 0 Å². The van der Waals surface area contributed by atoms with Crippen molar-refractivity contribution in [2.75, 3.05) is 0 Å². The van der Waals surface area contributed by atoms with E-state index in [0.717, 1.165) is 0 Å². The van der Waals surface area contributed by atoms with Crippen molar-refractivity contribution < 1.29 is 12.3 Å². The van der Waals surface area contributed by atoms with E-state index in [2.05, 4.69) is 52.4 Å². The summed E-state index contributed by atoms with van der Waals surface area (Å²) in [6.45, 7) is 24.9. The Balaban J connectivity index is 5.11. The molecule has 0 rings (SSSR count). The van der Waals surface area contributed by atoms with Gasteiger partial charge in [-0.2, -0.15) is 0 Å². The normalized spacial score (nSPS) is 19.4. The van der Waals surface area contributed by atoms with Gasteiger partial charge in [0.15, 0.2) is 16.6 Å². The molecule has 2 unspecified atom stereocenters. The second-order valence-corrected chi connectivity index (χ2v) is 22.8. The van der Waals surface area contributed by atoms with Gasteiger partial charge in [-0.15, -0.1) is 13.2 Å². The zero-order valence-electron chi connectivity index (χ0n) is 13.8. The van der Waals surface area contributed by atoms with Gasteiger partial charge in [-0.1, -0.05) is 11.4 Å². The van der Waals surface area contributed by atoms with Crippen LogP contribution in [0.5, 0.6) is 0 Å². The van der Waals surface area contributed by atoms with E-state index >= 15 is 0 Å². The Morgan fingerprint density at radius 3 is 1.00 bits per heavy atom.